The molecule has 168 valence electrons. The minimum Gasteiger partial charge on any atom is -0.367 e. The Morgan fingerprint density at radius 1 is 0.939 bits per heavy atom. The van der Waals surface area contributed by atoms with E-state index in [1.54, 1.807) is 30.3 Å². The van der Waals surface area contributed by atoms with E-state index in [9.17, 15) is 9.59 Å². The molecule has 6 nitrogen and oxygen atoms in total. The van der Waals surface area contributed by atoms with Crippen molar-refractivity contribution in [2.75, 3.05) is 36.4 Å². The number of aromatic nitrogens is 1. The number of benzene rings is 2. The summed E-state index contributed by atoms with van der Waals surface area (Å²) in [6, 6.07) is 18.4. The largest absolute Gasteiger partial charge is 0.367 e. The molecule has 1 N–H and O–H groups in total. The predicted molar refractivity (Wildman–Crippen MR) is 133 cm³/mol. The fraction of sp³-hybridized carbons (Fsp3) is 0.160. The first kappa shape index (κ1) is 22.8. The van der Waals surface area contributed by atoms with Gasteiger partial charge >= 0.3 is 0 Å². The van der Waals surface area contributed by atoms with Gasteiger partial charge in [-0.2, -0.15) is 0 Å². The maximum absolute atomic E-state index is 12.5. The van der Waals surface area contributed by atoms with Gasteiger partial charge in [-0.3, -0.25) is 9.59 Å². The third-order valence-electron chi connectivity index (χ3n) is 5.36. The van der Waals surface area contributed by atoms with Crippen LogP contribution < -0.4 is 10.2 Å². The lowest BCUT2D eigenvalue weighted by Gasteiger charge is -2.36. The molecule has 1 aromatic heterocycles. The summed E-state index contributed by atoms with van der Waals surface area (Å²) in [5.41, 5.74) is 2.71. The first-order chi connectivity index (χ1) is 16.0. The van der Waals surface area contributed by atoms with Crippen LogP contribution in [0.25, 0.3) is 6.08 Å². The average Bonchev–Trinajstić information content (AvgIpc) is 2.84. The number of hydrogen-bond acceptors (Lipinski definition) is 4. The molecule has 2 aromatic carbocycles. The zero-order chi connectivity index (χ0) is 23.2. The highest BCUT2D eigenvalue weighted by Crippen LogP contribution is 2.30. The number of carbonyl (C=O) groups excluding carboxylic acids is 2. The van der Waals surface area contributed by atoms with Gasteiger partial charge in [-0.1, -0.05) is 53.5 Å². The van der Waals surface area contributed by atoms with E-state index < -0.39 is 0 Å². The number of amides is 2. The number of pyridine rings is 1. The van der Waals surface area contributed by atoms with Crippen LogP contribution in [0.5, 0.6) is 0 Å². The number of nitrogens with one attached hydrogen (secondary N) is 1. The zero-order valence-electron chi connectivity index (χ0n) is 17.7. The van der Waals surface area contributed by atoms with Crippen LogP contribution in [0, 0.1) is 0 Å². The second-order valence-electron chi connectivity index (χ2n) is 7.52. The molecular weight excluding hydrogens is 459 g/mol. The summed E-state index contributed by atoms with van der Waals surface area (Å²) in [4.78, 5) is 32.8. The second-order valence-corrected chi connectivity index (χ2v) is 8.28. The van der Waals surface area contributed by atoms with Crippen LogP contribution in [0.15, 0.2) is 72.9 Å². The predicted octanol–water partition coefficient (Wildman–Crippen LogP) is 5.00. The number of halogens is 2. The van der Waals surface area contributed by atoms with Gasteiger partial charge in [-0.25, -0.2) is 4.98 Å². The van der Waals surface area contributed by atoms with Crippen molar-refractivity contribution in [3.8, 4) is 0 Å². The van der Waals surface area contributed by atoms with E-state index in [1.807, 2.05) is 47.4 Å². The van der Waals surface area contributed by atoms with Crippen molar-refractivity contribution >= 4 is 52.5 Å². The summed E-state index contributed by atoms with van der Waals surface area (Å²) in [6.07, 6.45) is 4.97. The Bertz CT molecular complexity index is 1180. The molecule has 0 saturated carbocycles. The van der Waals surface area contributed by atoms with E-state index in [2.05, 4.69) is 15.2 Å². The van der Waals surface area contributed by atoms with E-state index >= 15 is 0 Å². The van der Waals surface area contributed by atoms with Crippen molar-refractivity contribution in [1.29, 1.82) is 0 Å². The van der Waals surface area contributed by atoms with Gasteiger partial charge < -0.3 is 15.1 Å². The van der Waals surface area contributed by atoms with E-state index in [1.165, 1.54) is 6.20 Å². The van der Waals surface area contributed by atoms with Gasteiger partial charge in [0.05, 0.1) is 16.3 Å². The molecule has 2 amide bonds. The SMILES string of the molecule is O=C(Nc1ccc(N2CCN(C(=O)/C=C/c3ccccc3)CC2)c(Cl)c1)c1cccnc1Cl. The lowest BCUT2D eigenvalue weighted by molar-refractivity contribution is -0.126. The third kappa shape index (κ3) is 5.72. The number of hydrogen-bond donors (Lipinski definition) is 1. The molecule has 0 atom stereocenters. The van der Waals surface area contributed by atoms with Crippen molar-refractivity contribution in [1.82, 2.24) is 9.88 Å². The summed E-state index contributed by atoms with van der Waals surface area (Å²) in [5, 5.41) is 3.46. The van der Waals surface area contributed by atoms with Crippen LogP contribution >= 0.6 is 23.2 Å². The molecule has 33 heavy (non-hydrogen) atoms. The monoisotopic (exact) mass is 480 g/mol. The Hall–Kier alpha value is -3.35. The van der Waals surface area contributed by atoms with Crippen molar-refractivity contribution in [3.63, 3.8) is 0 Å². The number of carbonyl (C=O) groups is 2. The fourth-order valence-electron chi connectivity index (χ4n) is 3.60. The molecule has 2 heterocycles. The Balaban J connectivity index is 1.35. The van der Waals surface area contributed by atoms with Gasteiger partial charge in [0.15, 0.2) is 0 Å². The molecule has 1 aliphatic heterocycles. The van der Waals surface area contributed by atoms with E-state index in [0.29, 0.717) is 42.5 Å². The molecule has 8 heteroatoms. The van der Waals surface area contributed by atoms with Crippen LogP contribution in [0.2, 0.25) is 10.2 Å². The lowest BCUT2D eigenvalue weighted by atomic mass is 10.2. The maximum atomic E-state index is 12.5. The van der Waals surface area contributed by atoms with Gasteiger partial charge in [0.1, 0.15) is 5.15 Å². The number of rotatable bonds is 5. The molecule has 4 rings (SSSR count). The quantitative estimate of drug-likeness (QED) is 0.412. The summed E-state index contributed by atoms with van der Waals surface area (Å²) in [7, 11) is 0. The van der Waals surface area contributed by atoms with Crippen LogP contribution in [0.3, 0.4) is 0 Å². The zero-order valence-corrected chi connectivity index (χ0v) is 19.3. The van der Waals surface area contributed by atoms with E-state index in [4.69, 9.17) is 23.2 Å². The van der Waals surface area contributed by atoms with Crippen LogP contribution in [0.4, 0.5) is 11.4 Å². The third-order valence-corrected chi connectivity index (χ3v) is 5.96. The molecule has 3 aromatic rings. The average molecular weight is 481 g/mol. The summed E-state index contributed by atoms with van der Waals surface area (Å²) < 4.78 is 0. The second kappa shape index (κ2) is 10.5. The maximum Gasteiger partial charge on any atom is 0.258 e. The van der Waals surface area contributed by atoms with Crippen LogP contribution in [-0.4, -0.2) is 47.9 Å². The van der Waals surface area contributed by atoms with Gasteiger partial charge in [0.2, 0.25) is 5.91 Å². The highest BCUT2D eigenvalue weighted by atomic mass is 35.5. The van der Waals surface area contributed by atoms with Crippen molar-refractivity contribution < 1.29 is 9.59 Å². The molecule has 1 fully saturated rings. The standard InChI is InChI=1S/C25H22Cl2N4O2/c26-21-17-19(29-25(33)20-7-4-12-28-24(20)27)9-10-22(21)30-13-15-31(16-14-30)23(32)11-8-18-5-2-1-3-6-18/h1-12,17H,13-16H2,(H,29,33)/b11-8+. The van der Waals surface area contributed by atoms with Crippen molar-refractivity contribution in [2.24, 2.45) is 0 Å². The number of nitrogens with zero attached hydrogens (tertiary/aromatic N) is 3. The van der Waals surface area contributed by atoms with Crippen molar-refractivity contribution in [2.45, 2.75) is 0 Å². The van der Waals surface area contributed by atoms with Gasteiger partial charge in [-0.05, 0) is 42.0 Å². The summed E-state index contributed by atoms with van der Waals surface area (Å²) in [6.45, 7) is 2.54. The van der Waals surface area contributed by atoms with Gasteiger partial charge in [-0.15, -0.1) is 0 Å². The smallest absolute Gasteiger partial charge is 0.258 e. The van der Waals surface area contributed by atoms with E-state index in [-0.39, 0.29) is 17.0 Å². The highest BCUT2D eigenvalue weighted by Gasteiger charge is 2.21. The topological polar surface area (TPSA) is 65.5 Å². The lowest BCUT2D eigenvalue weighted by Crippen LogP contribution is -2.48. The normalized spacial score (nSPS) is 13.9. The minimum absolute atomic E-state index is 0.00303. The van der Waals surface area contributed by atoms with Crippen LogP contribution in [0.1, 0.15) is 15.9 Å². The Kier molecular flexibility index (Phi) is 7.27. The summed E-state index contributed by atoms with van der Waals surface area (Å²) in [5.74, 6) is -0.357. The van der Waals surface area contributed by atoms with Gasteiger partial charge in [0.25, 0.3) is 5.91 Å². The molecule has 0 aliphatic carbocycles. The number of piperazine rings is 1. The molecule has 1 saturated heterocycles. The highest BCUT2D eigenvalue weighted by molar-refractivity contribution is 6.34. The van der Waals surface area contributed by atoms with Crippen LogP contribution in [-0.2, 0) is 4.79 Å². The Labute approximate surface area is 202 Å². The molecule has 1 aliphatic rings. The molecular formula is C25H22Cl2N4O2. The van der Waals surface area contributed by atoms with Gasteiger partial charge in [0, 0.05) is 44.1 Å². The molecule has 0 spiro atoms. The van der Waals surface area contributed by atoms with Crippen molar-refractivity contribution in [3.05, 3.63) is 94.2 Å². The Morgan fingerprint density at radius 2 is 1.70 bits per heavy atom. The minimum atomic E-state index is -0.354. The molecule has 0 bridgehead atoms. The van der Waals surface area contributed by atoms with E-state index in [0.717, 1.165) is 11.3 Å². The first-order valence-corrected chi connectivity index (χ1v) is 11.3. The first-order valence-electron chi connectivity index (χ1n) is 10.5. The molecule has 0 radical (unpaired) electrons. The number of anilines is 2. The Morgan fingerprint density at radius 3 is 2.39 bits per heavy atom. The fourth-order valence-corrected chi connectivity index (χ4v) is 4.10. The summed E-state index contributed by atoms with van der Waals surface area (Å²) >= 11 is 12.5. The molecule has 0 unspecified atom stereocenters.